The lowest BCUT2D eigenvalue weighted by Crippen LogP contribution is -2.28. The Hall–Kier alpha value is -3.98. The molecule has 0 N–H and O–H groups in total. The molecule has 2 aromatic heterocycles. The first-order valence-corrected chi connectivity index (χ1v) is 10.2. The summed E-state index contributed by atoms with van der Waals surface area (Å²) < 4.78 is 2.25. The first-order valence-electron chi connectivity index (χ1n) is 10.2. The van der Waals surface area contributed by atoms with Gasteiger partial charge >= 0.3 is 0 Å². The summed E-state index contributed by atoms with van der Waals surface area (Å²) in [5, 5.41) is 4.76. The fourth-order valence-corrected chi connectivity index (χ4v) is 4.34. The minimum absolute atomic E-state index is 0.876. The summed E-state index contributed by atoms with van der Waals surface area (Å²) in [6.07, 6.45) is 9.04. The molecule has 0 atom stereocenters. The summed E-state index contributed by atoms with van der Waals surface area (Å²) in [5.41, 5.74) is 5.39. The number of benzene rings is 3. The van der Waals surface area contributed by atoms with Gasteiger partial charge in [-0.1, -0.05) is 60.7 Å². The number of hydrogen-bond acceptors (Lipinski definition) is 2. The van der Waals surface area contributed by atoms with E-state index in [-0.39, 0.29) is 0 Å². The zero-order valence-corrected chi connectivity index (χ0v) is 16.4. The van der Waals surface area contributed by atoms with E-state index in [1.165, 1.54) is 21.4 Å². The lowest BCUT2D eigenvalue weighted by molar-refractivity contribution is 1.01. The van der Waals surface area contributed by atoms with Gasteiger partial charge in [-0.25, -0.2) is 4.99 Å². The van der Waals surface area contributed by atoms with E-state index in [1.54, 1.807) is 0 Å². The van der Waals surface area contributed by atoms with Gasteiger partial charge in [0.15, 0.2) is 0 Å². The molecule has 0 unspecified atom stereocenters. The van der Waals surface area contributed by atoms with Crippen molar-refractivity contribution in [2.45, 2.75) is 6.42 Å². The van der Waals surface area contributed by atoms with E-state index in [1.807, 2.05) is 18.5 Å². The SMILES string of the molecule is C1=CN=c2c(c3cc(-c4nccc5ccccc45)ccc3n2-c2ccccc2)=CC1. The maximum Gasteiger partial charge on any atom is 0.145 e. The number of rotatable bonds is 2. The number of fused-ring (bicyclic) bond motifs is 4. The highest BCUT2D eigenvalue weighted by Gasteiger charge is 2.13. The number of para-hydroxylation sites is 1. The van der Waals surface area contributed by atoms with E-state index in [4.69, 9.17) is 9.98 Å². The molecular formula is C27H19N3. The monoisotopic (exact) mass is 385 g/mol. The molecule has 1 aliphatic heterocycles. The summed E-state index contributed by atoms with van der Waals surface area (Å²) in [6.45, 7) is 0. The third-order valence-electron chi connectivity index (χ3n) is 5.70. The van der Waals surface area contributed by atoms with Crippen molar-refractivity contribution in [3.05, 3.63) is 108 Å². The van der Waals surface area contributed by atoms with Gasteiger partial charge in [-0.2, -0.15) is 0 Å². The van der Waals surface area contributed by atoms with Gasteiger partial charge in [0.2, 0.25) is 0 Å². The van der Waals surface area contributed by atoms with E-state index in [0.29, 0.717) is 0 Å². The molecular weight excluding hydrogens is 366 g/mol. The smallest absolute Gasteiger partial charge is 0.145 e. The highest BCUT2D eigenvalue weighted by molar-refractivity contribution is 5.97. The molecule has 3 aromatic carbocycles. The number of allylic oxidation sites excluding steroid dienone is 1. The Bertz CT molecular complexity index is 1550. The minimum atomic E-state index is 0.876. The van der Waals surface area contributed by atoms with Gasteiger partial charge in [-0.05, 0) is 42.1 Å². The number of aromatic nitrogens is 2. The van der Waals surface area contributed by atoms with Crippen LogP contribution in [0.15, 0.2) is 102 Å². The number of hydrogen-bond donors (Lipinski definition) is 0. The van der Waals surface area contributed by atoms with Crippen molar-refractivity contribution in [2.24, 2.45) is 4.99 Å². The molecule has 0 saturated carbocycles. The molecule has 6 rings (SSSR count). The first kappa shape index (κ1) is 16.9. The number of nitrogens with zero attached hydrogens (tertiary/aromatic N) is 3. The van der Waals surface area contributed by atoms with E-state index in [9.17, 15) is 0 Å². The topological polar surface area (TPSA) is 30.2 Å². The molecule has 0 spiro atoms. The molecule has 5 aromatic rings. The summed E-state index contributed by atoms with van der Waals surface area (Å²) in [7, 11) is 0. The second kappa shape index (κ2) is 6.82. The van der Waals surface area contributed by atoms with Crippen LogP contribution >= 0.6 is 0 Å². The maximum absolute atomic E-state index is 4.79. The van der Waals surface area contributed by atoms with Crippen molar-refractivity contribution in [3.63, 3.8) is 0 Å². The molecule has 0 amide bonds. The molecule has 3 heterocycles. The van der Waals surface area contributed by atoms with Crippen molar-refractivity contribution in [3.8, 4) is 16.9 Å². The third-order valence-corrected chi connectivity index (χ3v) is 5.70. The third kappa shape index (κ3) is 2.60. The Morgan fingerprint density at radius 2 is 1.67 bits per heavy atom. The van der Waals surface area contributed by atoms with Gasteiger partial charge in [0.05, 0.1) is 11.2 Å². The standard InChI is InChI=1S/C27H19N3/c1-2-9-21(10-3-1)30-25-14-13-20(18-24(25)23-12-6-7-16-29-27(23)30)26-22-11-5-4-8-19(22)15-17-28-26/h1-5,7-18H,6H2. The Balaban J connectivity index is 1.69. The Morgan fingerprint density at radius 3 is 2.60 bits per heavy atom. The zero-order chi connectivity index (χ0) is 19.9. The Labute approximate surface area is 174 Å². The quantitative estimate of drug-likeness (QED) is 0.413. The van der Waals surface area contributed by atoms with Crippen molar-refractivity contribution < 1.29 is 0 Å². The van der Waals surface area contributed by atoms with Crippen LogP contribution in [0.4, 0.5) is 0 Å². The maximum atomic E-state index is 4.79. The van der Waals surface area contributed by atoms with Crippen LogP contribution in [0, 0.1) is 0 Å². The molecule has 0 radical (unpaired) electrons. The van der Waals surface area contributed by atoms with Crippen molar-refractivity contribution >= 4 is 27.8 Å². The lowest BCUT2D eigenvalue weighted by Gasteiger charge is -2.08. The summed E-state index contributed by atoms with van der Waals surface area (Å²) in [5.74, 6) is 0. The second-order valence-corrected chi connectivity index (χ2v) is 7.47. The average Bonchev–Trinajstić information content (AvgIpc) is 2.94. The molecule has 3 nitrogen and oxygen atoms in total. The molecule has 0 saturated heterocycles. The van der Waals surface area contributed by atoms with Crippen LogP contribution in [0.25, 0.3) is 44.7 Å². The van der Waals surface area contributed by atoms with Crippen LogP contribution in [-0.4, -0.2) is 9.55 Å². The van der Waals surface area contributed by atoms with Gasteiger partial charge in [0.25, 0.3) is 0 Å². The van der Waals surface area contributed by atoms with E-state index in [2.05, 4.69) is 89.5 Å². The second-order valence-electron chi connectivity index (χ2n) is 7.47. The van der Waals surface area contributed by atoms with Gasteiger partial charge in [-0.3, -0.25) is 9.55 Å². The zero-order valence-electron chi connectivity index (χ0n) is 16.4. The summed E-state index contributed by atoms with van der Waals surface area (Å²) in [4.78, 5) is 9.51. The van der Waals surface area contributed by atoms with Crippen LogP contribution in [0.2, 0.25) is 0 Å². The van der Waals surface area contributed by atoms with E-state index < -0.39 is 0 Å². The minimum Gasteiger partial charge on any atom is -0.294 e. The molecule has 3 heteroatoms. The predicted octanol–water partition coefficient (Wildman–Crippen LogP) is 5.16. The average molecular weight is 385 g/mol. The lowest BCUT2D eigenvalue weighted by atomic mass is 10.0. The molecule has 30 heavy (non-hydrogen) atoms. The first-order chi connectivity index (χ1) is 14.9. The highest BCUT2D eigenvalue weighted by atomic mass is 15.0. The summed E-state index contributed by atoms with van der Waals surface area (Å²) in [6, 6.07) is 27.5. The molecule has 0 aliphatic carbocycles. The van der Waals surface area contributed by atoms with Gasteiger partial charge < -0.3 is 0 Å². The molecule has 0 fully saturated rings. The van der Waals surface area contributed by atoms with Crippen molar-refractivity contribution in [1.29, 1.82) is 0 Å². The number of pyridine rings is 1. The van der Waals surface area contributed by atoms with E-state index in [0.717, 1.165) is 34.4 Å². The van der Waals surface area contributed by atoms with Gasteiger partial charge in [0, 0.05) is 39.6 Å². The van der Waals surface area contributed by atoms with E-state index >= 15 is 0 Å². The fourth-order valence-electron chi connectivity index (χ4n) is 4.34. The molecule has 1 aliphatic rings. The molecule has 142 valence electrons. The van der Waals surface area contributed by atoms with Crippen LogP contribution in [0.1, 0.15) is 6.42 Å². The molecule has 0 bridgehead atoms. The van der Waals surface area contributed by atoms with Crippen LogP contribution < -0.4 is 10.7 Å². The van der Waals surface area contributed by atoms with Crippen LogP contribution in [-0.2, 0) is 0 Å². The Kier molecular flexibility index (Phi) is 3.85. The van der Waals surface area contributed by atoms with Crippen molar-refractivity contribution in [1.82, 2.24) is 9.55 Å². The van der Waals surface area contributed by atoms with Crippen LogP contribution in [0.5, 0.6) is 0 Å². The highest BCUT2D eigenvalue weighted by Crippen LogP contribution is 2.28. The fraction of sp³-hybridized carbons (Fsp3) is 0.0370. The van der Waals surface area contributed by atoms with Crippen LogP contribution in [0.3, 0.4) is 0 Å². The largest absolute Gasteiger partial charge is 0.294 e. The predicted molar refractivity (Wildman–Crippen MR) is 123 cm³/mol. The summed E-state index contributed by atoms with van der Waals surface area (Å²) >= 11 is 0. The van der Waals surface area contributed by atoms with Crippen molar-refractivity contribution in [2.75, 3.05) is 0 Å². The van der Waals surface area contributed by atoms with Gasteiger partial charge in [-0.15, -0.1) is 0 Å². The van der Waals surface area contributed by atoms with Gasteiger partial charge in [0.1, 0.15) is 5.49 Å². The Morgan fingerprint density at radius 1 is 0.800 bits per heavy atom. The normalized spacial score (nSPS) is 12.9.